The maximum atomic E-state index is 13.1. The topological polar surface area (TPSA) is 52.9 Å². The van der Waals surface area contributed by atoms with Crippen molar-refractivity contribution in [2.24, 2.45) is 0 Å². The highest BCUT2D eigenvalue weighted by molar-refractivity contribution is 7.80. The Labute approximate surface area is 115 Å². The Hall–Kier alpha value is -2.32. The number of halogens is 1. The Kier molecular flexibility index (Phi) is 3.83. The van der Waals surface area contributed by atoms with Crippen LogP contribution in [0.1, 0.15) is 15.9 Å². The van der Waals surface area contributed by atoms with Gasteiger partial charge in [-0.05, 0) is 42.5 Å². The van der Waals surface area contributed by atoms with Gasteiger partial charge in [0.2, 0.25) is 0 Å². The summed E-state index contributed by atoms with van der Waals surface area (Å²) in [6.07, 6.45) is 0. The Morgan fingerprint density at radius 2 is 1.89 bits per heavy atom. The number of nitriles is 1. The first-order valence-electron chi connectivity index (χ1n) is 5.40. The standard InChI is InChI=1S/C14H9FN2OS/c15-13-6-3-11(7-10(13)8-16)17-14(18)9-1-4-12(19)5-2-9/h1-7,19H,(H,17,18). The highest BCUT2D eigenvalue weighted by Crippen LogP contribution is 2.15. The molecule has 0 aromatic heterocycles. The summed E-state index contributed by atoms with van der Waals surface area (Å²) >= 11 is 4.13. The van der Waals surface area contributed by atoms with Crippen molar-refractivity contribution in [3.05, 3.63) is 59.4 Å². The zero-order valence-corrected chi connectivity index (χ0v) is 10.6. The van der Waals surface area contributed by atoms with E-state index in [0.717, 1.165) is 11.0 Å². The van der Waals surface area contributed by atoms with Gasteiger partial charge in [-0.15, -0.1) is 12.6 Å². The van der Waals surface area contributed by atoms with E-state index in [0.29, 0.717) is 11.3 Å². The van der Waals surface area contributed by atoms with Gasteiger partial charge in [-0.3, -0.25) is 4.79 Å². The lowest BCUT2D eigenvalue weighted by Gasteiger charge is -2.06. The third-order valence-corrected chi connectivity index (χ3v) is 2.77. The van der Waals surface area contributed by atoms with E-state index in [1.165, 1.54) is 12.1 Å². The quantitative estimate of drug-likeness (QED) is 0.825. The lowest BCUT2D eigenvalue weighted by atomic mass is 10.2. The average molecular weight is 272 g/mol. The number of hydrogen-bond acceptors (Lipinski definition) is 3. The van der Waals surface area contributed by atoms with E-state index in [1.54, 1.807) is 30.3 Å². The molecule has 0 spiro atoms. The second-order valence-electron chi connectivity index (χ2n) is 3.81. The van der Waals surface area contributed by atoms with Gasteiger partial charge in [-0.1, -0.05) is 0 Å². The van der Waals surface area contributed by atoms with Crippen LogP contribution in [0.25, 0.3) is 0 Å². The Morgan fingerprint density at radius 3 is 2.53 bits per heavy atom. The van der Waals surface area contributed by atoms with E-state index in [4.69, 9.17) is 5.26 Å². The fraction of sp³-hybridized carbons (Fsp3) is 0. The van der Waals surface area contributed by atoms with Crippen LogP contribution in [-0.2, 0) is 0 Å². The van der Waals surface area contributed by atoms with Gasteiger partial charge >= 0.3 is 0 Å². The van der Waals surface area contributed by atoms with E-state index in [9.17, 15) is 9.18 Å². The molecule has 0 aliphatic rings. The average Bonchev–Trinajstić information content (AvgIpc) is 2.41. The van der Waals surface area contributed by atoms with Crippen molar-refractivity contribution in [2.45, 2.75) is 4.90 Å². The van der Waals surface area contributed by atoms with Crippen molar-refractivity contribution in [1.29, 1.82) is 5.26 Å². The second-order valence-corrected chi connectivity index (χ2v) is 4.32. The number of anilines is 1. The smallest absolute Gasteiger partial charge is 0.255 e. The fourth-order valence-electron chi connectivity index (χ4n) is 1.50. The lowest BCUT2D eigenvalue weighted by Crippen LogP contribution is -2.11. The van der Waals surface area contributed by atoms with Gasteiger partial charge in [-0.2, -0.15) is 5.26 Å². The molecule has 0 fully saturated rings. The first-order chi connectivity index (χ1) is 9.10. The lowest BCUT2D eigenvalue weighted by molar-refractivity contribution is 0.102. The molecule has 1 N–H and O–H groups in total. The zero-order chi connectivity index (χ0) is 13.8. The molecule has 2 aromatic carbocycles. The molecule has 5 heteroatoms. The summed E-state index contributed by atoms with van der Waals surface area (Å²) in [6.45, 7) is 0. The van der Waals surface area contributed by atoms with Crippen LogP contribution in [0.2, 0.25) is 0 Å². The summed E-state index contributed by atoms with van der Waals surface area (Å²) < 4.78 is 13.1. The summed E-state index contributed by atoms with van der Waals surface area (Å²) in [5, 5.41) is 11.3. The van der Waals surface area contributed by atoms with E-state index in [1.807, 2.05) is 0 Å². The van der Waals surface area contributed by atoms with Gasteiger partial charge in [0, 0.05) is 16.1 Å². The Morgan fingerprint density at radius 1 is 1.21 bits per heavy atom. The molecule has 0 aliphatic carbocycles. The number of carbonyl (C=O) groups is 1. The molecule has 0 heterocycles. The molecule has 0 atom stereocenters. The van der Waals surface area contributed by atoms with Crippen LogP contribution < -0.4 is 5.32 Å². The zero-order valence-electron chi connectivity index (χ0n) is 9.72. The van der Waals surface area contributed by atoms with Gasteiger partial charge in [0.15, 0.2) is 0 Å². The number of benzene rings is 2. The molecule has 3 nitrogen and oxygen atoms in total. The Bertz CT molecular complexity index is 662. The maximum absolute atomic E-state index is 13.1. The van der Waals surface area contributed by atoms with Gasteiger partial charge < -0.3 is 5.32 Å². The first kappa shape index (κ1) is 13.1. The molecule has 0 unspecified atom stereocenters. The van der Waals surface area contributed by atoms with E-state index < -0.39 is 5.82 Å². The van der Waals surface area contributed by atoms with E-state index >= 15 is 0 Å². The molecule has 19 heavy (non-hydrogen) atoms. The van der Waals surface area contributed by atoms with Crippen molar-refractivity contribution in [1.82, 2.24) is 0 Å². The molecule has 1 amide bonds. The van der Waals surface area contributed by atoms with Crippen LogP contribution in [-0.4, -0.2) is 5.91 Å². The van der Waals surface area contributed by atoms with Crippen LogP contribution in [0.4, 0.5) is 10.1 Å². The SMILES string of the molecule is N#Cc1cc(NC(=O)c2ccc(S)cc2)ccc1F. The van der Waals surface area contributed by atoms with Crippen LogP contribution in [0.5, 0.6) is 0 Å². The molecule has 0 saturated heterocycles. The maximum Gasteiger partial charge on any atom is 0.255 e. The molecule has 0 radical (unpaired) electrons. The predicted molar refractivity (Wildman–Crippen MR) is 72.8 cm³/mol. The number of carbonyl (C=O) groups excluding carboxylic acids is 1. The van der Waals surface area contributed by atoms with Crippen LogP contribution >= 0.6 is 12.6 Å². The molecule has 2 aromatic rings. The summed E-state index contributed by atoms with van der Waals surface area (Å²) in [5.74, 6) is -0.941. The van der Waals surface area contributed by atoms with Crippen LogP contribution in [0, 0.1) is 17.1 Å². The minimum atomic E-state index is -0.611. The molecular formula is C14H9FN2OS. The minimum Gasteiger partial charge on any atom is -0.322 e. The molecule has 0 aliphatic heterocycles. The molecule has 0 saturated carbocycles. The van der Waals surface area contributed by atoms with Gasteiger partial charge in [0.05, 0.1) is 5.56 Å². The van der Waals surface area contributed by atoms with Gasteiger partial charge in [-0.25, -0.2) is 4.39 Å². The Balaban J connectivity index is 2.20. The van der Waals surface area contributed by atoms with Gasteiger partial charge in [0.1, 0.15) is 11.9 Å². The summed E-state index contributed by atoms with van der Waals surface area (Å²) in [5.41, 5.74) is 0.724. The second kappa shape index (κ2) is 5.55. The van der Waals surface area contributed by atoms with E-state index in [-0.39, 0.29) is 11.5 Å². The normalized spacial score (nSPS) is 9.74. The monoisotopic (exact) mass is 272 g/mol. The number of hydrogen-bond donors (Lipinski definition) is 2. The summed E-state index contributed by atoms with van der Waals surface area (Å²) in [6, 6.07) is 12.2. The summed E-state index contributed by atoms with van der Waals surface area (Å²) in [4.78, 5) is 12.7. The number of nitrogens with one attached hydrogen (secondary N) is 1. The minimum absolute atomic E-state index is 0.108. The highest BCUT2D eigenvalue weighted by Gasteiger charge is 2.08. The van der Waals surface area contributed by atoms with Gasteiger partial charge in [0.25, 0.3) is 5.91 Å². The predicted octanol–water partition coefficient (Wildman–Crippen LogP) is 3.24. The molecule has 2 rings (SSSR count). The first-order valence-corrected chi connectivity index (χ1v) is 5.85. The van der Waals surface area contributed by atoms with Crippen molar-refractivity contribution in [3.63, 3.8) is 0 Å². The summed E-state index contributed by atoms with van der Waals surface area (Å²) in [7, 11) is 0. The van der Waals surface area contributed by atoms with E-state index in [2.05, 4.69) is 17.9 Å². The number of amides is 1. The molecule has 0 bridgehead atoms. The van der Waals surface area contributed by atoms with Crippen molar-refractivity contribution in [3.8, 4) is 6.07 Å². The number of rotatable bonds is 2. The van der Waals surface area contributed by atoms with Crippen LogP contribution in [0.3, 0.4) is 0 Å². The fourth-order valence-corrected chi connectivity index (χ4v) is 1.65. The van der Waals surface area contributed by atoms with Crippen molar-refractivity contribution in [2.75, 3.05) is 5.32 Å². The third-order valence-electron chi connectivity index (χ3n) is 2.47. The van der Waals surface area contributed by atoms with Crippen LogP contribution in [0.15, 0.2) is 47.4 Å². The van der Waals surface area contributed by atoms with Crippen molar-refractivity contribution >= 4 is 24.2 Å². The number of nitrogens with zero attached hydrogens (tertiary/aromatic N) is 1. The largest absolute Gasteiger partial charge is 0.322 e. The van der Waals surface area contributed by atoms with Crippen molar-refractivity contribution < 1.29 is 9.18 Å². The molecular weight excluding hydrogens is 263 g/mol. The highest BCUT2D eigenvalue weighted by atomic mass is 32.1. The number of thiol groups is 1. The third kappa shape index (κ3) is 3.12. The molecule has 94 valence electrons.